The van der Waals surface area contributed by atoms with Crippen LogP contribution in [-0.2, 0) is 9.53 Å². The Kier molecular flexibility index (Phi) is 28.6. The third kappa shape index (κ3) is 630. The van der Waals surface area contributed by atoms with Crippen LogP contribution in [0.4, 0.5) is 0 Å². The fourth-order valence-corrected chi connectivity index (χ4v) is 0. The molecule has 2 N–H and O–H groups in total. The van der Waals surface area contributed by atoms with Crippen molar-refractivity contribution < 1.29 is 9.53 Å². The molecule has 40 valence electrons. The normalized spacial score (nSPS) is 4.00. The van der Waals surface area contributed by atoms with Crippen LogP contribution < -0.4 is 5.73 Å². The fraction of sp³-hybridized carbons (Fsp3) is 0.333. The van der Waals surface area contributed by atoms with E-state index in [1.54, 1.807) is 0 Å². The first-order valence-corrected chi connectivity index (χ1v) is 1.39. The van der Waals surface area contributed by atoms with Gasteiger partial charge >= 0.3 is 0 Å². The highest BCUT2D eigenvalue weighted by Crippen LogP contribution is 1.35. The molecule has 0 fully saturated rings. The van der Waals surface area contributed by atoms with Crippen molar-refractivity contribution in [1.82, 2.24) is 0 Å². The van der Waals surface area contributed by atoms with E-state index in [0.29, 0.717) is 6.47 Å². The predicted octanol–water partition coefficient (Wildman–Crippen LogP) is -0.785. The second kappa shape index (κ2) is 21.7. The van der Waals surface area contributed by atoms with Crippen LogP contribution in [0.15, 0.2) is 0 Å². The molecule has 0 unspecified atom stereocenters. The third-order valence-electron chi connectivity index (χ3n) is 0.0962. The van der Waals surface area contributed by atoms with Gasteiger partial charge in [0.1, 0.15) is 0 Å². The molecule has 7 heavy (non-hydrogen) atoms. The predicted molar refractivity (Wildman–Crippen MR) is 22.9 cm³/mol. The van der Waals surface area contributed by atoms with Gasteiger partial charge in [0.15, 0.2) is 6.19 Å². The first-order valence-electron chi connectivity index (χ1n) is 1.39. The van der Waals surface area contributed by atoms with Crippen molar-refractivity contribution in [2.45, 2.75) is 0 Å². The standard InChI is InChI=1S/C2H4O2.CH2N2/c1-4-2-3;2-1-3/h2H,1H3;2H2. The monoisotopic (exact) mass is 102 g/mol. The molecular formula is C3H6N2O2. The molecule has 0 aliphatic rings. The molecule has 0 rings (SSSR count). The molecule has 0 aromatic heterocycles. The number of nitrogens with two attached hydrogens (primary N) is 1. The van der Waals surface area contributed by atoms with E-state index in [2.05, 4.69) is 10.5 Å². The van der Waals surface area contributed by atoms with Crippen molar-refractivity contribution in [2.75, 3.05) is 7.11 Å². The van der Waals surface area contributed by atoms with E-state index >= 15 is 0 Å². The second-order valence-electron chi connectivity index (χ2n) is 0.461. The largest absolute Gasteiger partial charge is 0.471 e. The molecule has 0 spiro atoms. The summed E-state index contributed by atoms with van der Waals surface area (Å²) in [6, 6.07) is 0. The van der Waals surface area contributed by atoms with Crippen LogP contribution in [0.25, 0.3) is 0 Å². The Bertz CT molecular complexity index is 65.8. The zero-order chi connectivity index (χ0) is 6.12. The number of hydrogen-bond acceptors (Lipinski definition) is 4. The average Bonchev–Trinajstić information content (AvgIpc) is 1.69. The van der Waals surface area contributed by atoms with Crippen molar-refractivity contribution in [1.29, 1.82) is 5.26 Å². The smallest absolute Gasteiger partial charge is 0.292 e. The van der Waals surface area contributed by atoms with E-state index in [4.69, 9.17) is 10.1 Å². The number of nitrogens with zero attached hydrogens (tertiary/aromatic N) is 1. The van der Waals surface area contributed by atoms with Gasteiger partial charge in [-0.2, -0.15) is 5.26 Å². The molecule has 4 heteroatoms. The fourth-order valence-electron chi connectivity index (χ4n) is 0. The highest BCUT2D eigenvalue weighted by atomic mass is 16.5. The molecule has 0 saturated carbocycles. The van der Waals surface area contributed by atoms with E-state index in [-0.39, 0.29) is 0 Å². The Morgan fingerprint density at radius 1 is 2.00 bits per heavy atom. The summed E-state index contributed by atoms with van der Waals surface area (Å²) in [5.74, 6) is 0. The van der Waals surface area contributed by atoms with Crippen molar-refractivity contribution in [3.8, 4) is 6.19 Å². The third-order valence-corrected chi connectivity index (χ3v) is 0.0962. The van der Waals surface area contributed by atoms with Gasteiger partial charge in [-0.1, -0.05) is 0 Å². The summed E-state index contributed by atoms with van der Waals surface area (Å²) >= 11 is 0. The molecule has 0 amide bonds. The Balaban J connectivity index is 0. The quantitative estimate of drug-likeness (QED) is 0.267. The van der Waals surface area contributed by atoms with Crippen LogP contribution in [0.2, 0.25) is 0 Å². The molecular weight excluding hydrogens is 96.0 g/mol. The first kappa shape index (κ1) is 9.23. The first-order chi connectivity index (χ1) is 3.33. The van der Waals surface area contributed by atoms with Crippen LogP contribution >= 0.6 is 0 Å². The second-order valence-corrected chi connectivity index (χ2v) is 0.461. The van der Waals surface area contributed by atoms with Gasteiger partial charge in [-0.3, -0.25) is 4.79 Å². The molecule has 4 nitrogen and oxygen atoms in total. The lowest BCUT2D eigenvalue weighted by Crippen LogP contribution is -1.69. The summed E-state index contributed by atoms with van der Waals surface area (Å²) in [6.07, 6.45) is 1.25. The lowest BCUT2D eigenvalue weighted by molar-refractivity contribution is -0.126. The lowest BCUT2D eigenvalue weighted by atomic mass is 11.5. The summed E-state index contributed by atoms with van der Waals surface area (Å²) in [5.41, 5.74) is 4.15. The van der Waals surface area contributed by atoms with E-state index in [9.17, 15) is 0 Å². The molecule has 0 saturated heterocycles. The van der Waals surface area contributed by atoms with Crippen molar-refractivity contribution in [2.24, 2.45) is 5.73 Å². The zero-order valence-corrected chi connectivity index (χ0v) is 3.92. The molecule has 0 radical (unpaired) electrons. The Morgan fingerprint density at radius 3 is 2.14 bits per heavy atom. The van der Waals surface area contributed by atoms with Crippen LogP contribution in [0.1, 0.15) is 0 Å². The van der Waals surface area contributed by atoms with E-state index in [0.717, 1.165) is 0 Å². The van der Waals surface area contributed by atoms with Crippen LogP contribution in [-0.4, -0.2) is 13.6 Å². The topological polar surface area (TPSA) is 76.1 Å². The van der Waals surface area contributed by atoms with Crippen LogP contribution in [0.3, 0.4) is 0 Å². The number of carbonyl (C=O) groups excluding carboxylic acids is 1. The minimum absolute atomic E-state index is 0.375. The summed E-state index contributed by atoms with van der Waals surface area (Å²) in [7, 11) is 1.31. The summed E-state index contributed by atoms with van der Waals surface area (Å²) < 4.78 is 3.86. The lowest BCUT2D eigenvalue weighted by Gasteiger charge is -1.67. The summed E-state index contributed by atoms with van der Waals surface area (Å²) in [5, 5.41) is 7.10. The van der Waals surface area contributed by atoms with Gasteiger partial charge in [0.2, 0.25) is 0 Å². The van der Waals surface area contributed by atoms with E-state index < -0.39 is 0 Å². The number of carbonyl (C=O) groups is 1. The van der Waals surface area contributed by atoms with Crippen LogP contribution in [0.5, 0.6) is 0 Å². The maximum Gasteiger partial charge on any atom is 0.292 e. The van der Waals surface area contributed by atoms with Gasteiger partial charge in [-0.25, -0.2) is 0 Å². The van der Waals surface area contributed by atoms with E-state index in [1.807, 2.05) is 0 Å². The Hall–Kier alpha value is -1.24. The van der Waals surface area contributed by atoms with Gasteiger partial charge in [-0.05, 0) is 0 Å². The molecule has 0 aliphatic carbocycles. The van der Waals surface area contributed by atoms with E-state index in [1.165, 1.54) is 13.3 Å². The number of nitriles is 1. The van der Waals surface area contributed by atoms with Gasteiger partial charge in [0.25, 0.3) is 6.47 Å². The van der Waals surface area contributed by atoms with Crippen LogP contribution in [0, 0.1) is 11.5 Å². The molecule has 0 bridgehead atoms. The highest BCUT2D eigenvalue weighted by Gasteiger charge is 1.44. The molecule has 0 atom stereocenters. The molecule has 0 aliphatic heterocycles. The Morgan fingerprint density at radius 2 is 2.14 bits per heavy atom. The Labute approximate surface area is 41.5 Å². The van der Waals surface area contributed by atoms with Crippen molar-refractivity contribution >= 4 is 6.47 Å². The maximum absolute atomic E-state index is 8.95. The van der Waals surface area contributed by atoms with Gasteiger partial charge in [-0.15, -0.1) is 0 Å². The number of methoxy groups -OCH3 is 1. The average molecular weight is 102 g/mol. The van der Waals surface area contributed by atoms with Crippen molar-refractivity contribution in [3.05, 3.63) is 0 Å². The van der Waals surface area contributed by atoms with Gasteiger partial charge < -0.3 is 10.5 Å². The van der Waals surface area contributed by atoms with Gasteiger partial charge in [0.05, 0.1) is 7.11 Å². The van der Waals surface area contributed by atoms with Crippen molar-refractivity contribution in [3.63, 3.8) is 0 Å². The SMILES string of the molecule is COC=O.N#CN. The minimum Gasteiger partial charge on any atom is -0.471 e. The van der Waals surface area contributed by atoms with Gasteiger partial charge in [0, 0.05) is 0 Å². The zero-order valence-electron chi connectivity index (χ0n) is 3.92. The number of hydrogen-bond donors (Lipinski definition) is 1. The minimum atomic E-state index is 0.375. The summed E-state index contributed by atoms with van der Waals surface area (Å²) in [6.45, 7) is 0.375. The number of ether oxygens (including phenoxy) is 1. The number of rotatable bonds is 1. The maximum atomic E-state index is 8.95. The summed E-state index contributed by atoms with van der Waals surface area (Å²) in [4.78, 5) is 8.95. The molecule has 0 heterocycles. The molecule has 0 aromatic rings. The highest BCUT2D eigenvalue weighted by molar-refractivity contribution is 5.36. The molecule has 0 aromatic carbocycles.